The molecule has 0 bridgehead atoms. The standard InChI is InChI=1S/C12H22N2O2/c1-16-10-9-14(8-4-7-13)11-5-2-3-6-12(11)15/h11-12,15H,2-6,8-10H2,1H3. The van der Waals surface area contributed by atoms with Crippen molar-refractivity contribution in [1.29, 1.82) is 5.26 Å². The van der Waals surface area contributed by atoms with Crippen LogP contribution in [0.3, 0.4) is 0 Å². The largest absolute Gasteiger partial charge is 0.391 e. The van der Waals surface area contributed by atoms with E-state index in [2.05, 4.69) is 11.0 Å². The Balaban J connectivity index is 2.47. The van der Waals surface area contributed by atoms with Crippen molar-refractivity contribution in [2.45, 2.75) is 44.2 Å². The summed E-state index contributed by atoms with van der Waals surface area (Å²) < 4.78 is 5.07. The van der Waals surface area contributed by atoms with Crippen LogP contribution in [0, 0.1) is 11.3 Å². The first-order chi connectivity index (χ1) is 7.79. The lowest BCUT2D eigenvalue weighted by Gasteiger charge is -2.37. The van der Waals surface area contributed by atoms with E-state index in [0.717, 1.165) is 32.4 Å². The highest BCUT2D eigenvalue weighted by Gasteiger charge is 2.28. The van der Waals surface area contributed by atoms with Gasteiger partial charge in [-0.25, -0.2) is 0 Å². The fourth-order valence-corrected chi connectivity index (χ4v) is 2.36. The summed E-state index contributed by atoms with van der Waals surface area (Å²) in [5.74, 6) is 0. The van der Waals surface area contributed by atoms with Crippen LogP contribution < -0.4 is 0 Å². The van der Waals surface area contributed by atoms with Crippen molar-refractivity contribution in [3.8, 4) is 6.07 Å². The predicted octanol–water partition coefficient (Wildman–Crippen LogP) is 1.15. The van der Waals surface area contributed by atoms with Gasteiger partial charge in [0.2, 0.25) is 0 Å². The molecule has 1 saturated carbocycles. The Morgan fingerprint density at radius 1 is 1.38 bits per heavy atom. The Morgan fingerprint density at radius 3 is 2.75 bits per heavy atom. The third-order valence-electron chi connectivity index (χ3n) is 3.26. The minimum Gasteiger partial charge on any atom is -0.391 e. The molecule has 0 aromatic rings. The maximum atomic E-state index is 9.97. The van der Waals surface area contributed by atoms with Crippen LogP contribution in [0.25, 0.3) is 0 Å². The highest BCUT2D eigenvalue weighted by molar-refractivity contribution is 4.85. The van der Waals surface area contributed by atoms with Crippen LogP contribution in [0.1, 0.15) is 32.1 Å². The second-order valence-electron chi connectivity index (χ2n) is 4.36. The molecule has 0 heterocycles. The van der Waals surface area contributed by atoms with E-state index in [0.29, 0.717) is 13.0 Å². The van der Waals surface area contributed by atoms with Crippen LogP contribution in [0.5, 0.6) is 0 Å². The van der Waals surface area contributed by atoms with E-state index in [1.54, 1.807) is 7.11 Å². The molecule has 0 aromatic heterocycles. The average molecular weight is 226 g/mol. The molecular formula is C12H22N2O2. The molecule has 4 heteroatoms. The van der Waals surface area contributed by atoms with Crippen LogP contribution in [0.4, 0.5) is 0 Å². The molecule has 0 spiro atoms. The van der Waals surface area contributed by atoms with Crippen molar-refractivity contribution >= 4 is 0 Å². The number of hydrogen-bond acceptors (Lipinski definition) is 4. The van der Waals surface area contributed by atoms with Gasteiger partial charge in [0.1, 0.15) is 0 Å². The third-order valence-corrected chi connectivity index (χ3v) is 3.26. The Kier molecular flexibility index (Phi) is 6.39. The molecule has 0 aliphatic heterocycles. The number of aliphatic hydroxyl groups excluding tert-OH is 1. The number of nitrogens with zero attached hydrogens (tertiary/aromatic N) is 2. The second kappa shape index (κ2) is 7.61. The SMILES string of the molecule is COCCN(CCC#N)C1CCCCC1O. The van der Waals surface area contributed by atoms with Crippen molar-refractivity contribution in [3.63, 3.8) is 0 Å². The summed E-state index contributed by atoms with van der Waals surface area (Å²) in [7, 11) is 1.68. The quantitative estimate of drug-likeness (QED) is 0.738. The fourth-order valence-electron chi connectivity index (χ4n) is 2.36. The summed E-state index contributed by atoms with van der Waals surface area (Å²) in [4.78, 5) is 2.20. The lowest BCUT2D eigenvalue weighted by molar-refractivity contribution is 0.00991. The molecule has 1 N–H and O–H groups in total. The van der Waals surface area contributed by atoms with Crippen LogP contribution in [0.2, 0.25) is 0 Å². The van der Waals surface area contributed by atoms with E-state index in [4.69, 9.17) is 10.00 Å². The molecule has 1 aliphatic rings. The van der Waals surface area contributed by atoms with Gasteiger partial charge in [-0.2, -0.15) is 5.26 Å². The number of methoxy groups -OCH3 is 1. The predicted molar refractivity (Wildman–Crippen MR) is 61.9 cm³/mol. The van der Waals surface area contributed by atoms with Crippen molar-refractivity contribution in [2.75, 3.05) is 26.8 Å². The van der Waals surface area contributed by atoms with Crippen molar-refractivity contribution < 1.29 is 9.84 Å². The van der Waals surface area contributed by atoms with Crippen molar-refractivity contribution in [1.82, 2.24) is 4.90 Å². The third kappa shape index (κ3) is 4.09. The van der Waals surface area contributed by atoms with E-state index in [9.17, 15) is 5.11 Å². The van der Waals surface area contributed by atoms with Crippen LogP contribution >= 0.6 is 0 Å². The van der Waals surface area contributed by atoms with E-state index < -0.39 is 0 Å². The summed E-state index contributed by atoms with van der Waals surface area (Å²) in [5.41, 5.74) is 0. The van der Waals surface area contributed by atoms with Crippen LogP contribution in [-0.4, -0.2) is 49.0 Å². The topological polar surface area (TPSA) is 56.5 Å². The normalized spacial score (nSPS) is 25.6. The van der Waals surface area contributed by atoms with E-state index in [-0.39, 0.29) is 12.1 Å². The van der Waals surface area contributed by atoms with Gasteiger partial charge in [-0.3, -0.25) is 4.90 Å². The van der Waals surface area contributed by atoms with E-state index >= 15 is 0 Å². The number of nitriles is 1. The molecule has 0 saturated heterocycles. The molecule has 1 fully saturated rings. The Labute approximate surface area is 97.8 Å². The zero-order chi connectivity index (χ0) is 11.8. The van der Waals surface area contributed by atoms with Gasteiger partial charge in [0.25, 0.3) is 0 Å². The van der Waals surface area contributed by atoms with Gasteiger partial charge in [0, 0.05) is 32.7 Å². The van der Waals surface area contributed by atoms with Crippen LogP contribution in [0.15, 0.2) is 0 Å². The molecule has 0 aromatic carbocycles. The zero-order valence-corrected chi connectivity index (χ0v) is 10.1. The first-order valence-electron chi connectivity index (χ1n) is 6.07. The van der Waals surface area contributed by atoms with Gasteiger partial charge >= 0.3 is 0 Å². The maximum absolute atomic E-state index is 9.97. The summed E-state index contributed by atoms with van der Waals surface area (Å²) in [6, 6.07) is 2.38. The molecule has 2 unspecified atom stereocenters. The molecule has 0 amide bonds. The number of aliphatic hydroxyl groups is 1. The average Bonchev–Trinajstić information content (AvgIpc) is 2.31. The smallest absolute Gasteiger partial charge is 0.0695 e. The molecule has 2 atom stereocenters. The zero-order valence-electron chi connectivity index (χ0n) is 10.1. The Morgan fingerprint density at radius 2 is 2.12 bits per heavy atom. The van der Waals surface area contributed by atoms with Gasteiger partial charge in [-0.05, 0) is 12.8 Å². The molecule has 92 valence electrons. The minimum absolute atomic E-state index is 0.220. The first kappa shape index (κ1) is 13.4. The molecule has 1 rings (SSSR count). The summed E-state index contributed by atoms with van der Waals surface area (Å²) >= 11 is 0. The van der Waals surface area contributed by atoms with Gasteiger partial charge < -0.3 is 9.84 Å². The van der Waals surface area contributed by atoms with Gasteiger partial charge in [-0.15, -0.1) is 0 Å². The Hall–Kier alpha value is -0.630. The minimum atomic E-state index is -0.232. The Bertz CT molecular complexity index is 228. The highest BCUT2D eigenvalue weighted by atomic mass is 16.5. The van der Waals surface area contributed by atoms with E-state index in [1.165, 1.54) is 6.42 Å². The highest BCUT2D eigenvalue weighted by Crippen LogP contribution is 2.23. The second-order valence-corrected chi connectivity index (χ2v) is 4.36. The molecule has 1 aliphatic carbocycles. The maximum Gasteiger partial charge on any atom is 0.0695 e. The van der Waals surface area contributed by atoms with Crippen LogP contribution in [-0.2, 0) is 4.74 Å². The summed E-state index contributed by atoms with van der Waals surface area (Å²) in [6.45, 7) is 2.20. The van der Waals surface area contributed by atoms with E-state index in [1.807, 2.05) is 0 Å². The monoisotopic (exact) mass is 226 g/mol. The van der Waals surface area contributed by atoms with Crippen molar-refractivity contribution in [2.24, 2.45) is 0 Å². The molecule has 0 radical (unpaired) electrons. The van der Waals surface area contributed by atoms with Gasteiger partial charge in [0.05, 0.1) is 18.8 Å². The lowest BCUT2D eigenvalue weighted by atomic mass is 9.91. The molecule has 16 heavy (non-hydrogen) atoms. The first-order valence-corrected chi connectivity index (χ1v) is 6.07. The summed E-state index contributed by atoms with van der Waals surface area (Å²) in [6.07, 6.45) is 4.51. The molecule has 4 nitrogen and oxygen atoms in total. The lowest BCUT2D eigenvalue weighted by Crippen LogP contribution is -2.47. The summed E-state index contributed by atoms with van der Waals surface area (Å²) in [5, 5.41) is 18.6. The number of ether oxygens (including phenoxy) is 1. The molecular weight excluding hydrogens is 204 g/mol. The van der Waals surface area contributed by atoms with Crippen molar-refractivity contribution in [3.05, 3.63) is 0 Å². The number of hydrogen-bond donors (Lipinski definition) is 1. The number of rotatable bonds is 6. The van der Waals surface area contributed by atoms with Gasteiger partial charge in [0.15, 0.2) is 0 Å². The van der Waals surface area contributed by atoms with Gasteiger partial charge in [-0.1, -0.05) is 12.8 Å². The fraction of sp³-hybridized carbons (Fsp3) is 0.917.